The molecule has 3 aliphatic rings. The standard InChI is InChI=1S/C72H80N10O13S2/c1-5-79(6-2)54-31-33-59-63(46-54)95-64-47-55(80(7-3)8-4)32-34-60(64)69(59)70-65(25-16-26-66(70)97(89,90)91)96(87,88)74-37-40-92-42-44-94-45-43-93-41-39-81-49-53(77-78-81)48-73-67(83)35-36-68(84)76-61-23-17-38-82(62-24-15-14-22-58(61)62)72(86)51-27-29-52(30-28-51)75-71(85)57-21-13-12-20-56(57)50-18-10-9-11-19-50/h9-16,18-22,24-34,46-47,49,61,74H,5-8,17,23,35-45,48H2,1-4H3,(H3-,73,75,76,83,84,85,86,89,90,91)/p+1. The van der Waals surface area contributed by atoms with Crippen LogP contribution < -0.4 is 40.4 Å². The van der Waals surface area contributed by atoms with Gasteiger partial charge in [-0.05, 0) is 124 Å². The van der Waals surface area contributed by atoms with Gasteiger partial charge in [-0.1, -0.05) is 78.0 Å². The zero-order valence-electron chi connectivity index (χ0n) is 54.7. The van der Waals surface area contributed by atoms with E-state index in [1.54, 1.807) is 58.2 Å². The van der Waals surface area contributed by atoms with Gasteiger partial charge in [0.2, 0.25) is 27.2 Å². The third-order valence-electron chi connectivity index (χ3n) is 16.8. The molecule has 1 aliphatic carbocycles. The molecule has 3 heterocycles. The van der Waals surface area contributed by atoms with Gasteiger partial charge in [-0.15, -0.1) is 5.10 Å². The molecule has 1 unspecified atom stereocenters. The highest BCUT2D eigenvalue weighted by atomic mass is 32.2. The molecule has 0 spiro atoms. The van der Waals surface area contributed by atoms with E-state index in [-0.39, 0.29) is 105 Å². The van der Waals surface area contributed by atoms with Crippen molar-refractivity contribution in [1.29, 1.82) is 0 Å². The summed E-state index contributed by atoms with van der Waals surface area (Å²) >= 11 is 0. The molecule has 0 bridgehead atoms. The molecule has 10 rings (SSSR count). The summed E-state index contributed by atoms with van der Waals surface area (Å²) < 4.78 is 95.4. The van der Waals surface area contributed by atoms with Crippen molar-refractivity contribution in [1.82, 2.24) is 34.9 Å². The van der Waals surface area contributed by atoms with Crippen molar-refractivity contribution in [2.45, 2.75) is 82.3 Å². The van der Waals surface area contributed by atoms with Crippen LogP contribution in [0.4, 0.5) is 17.1 Å². The lowest BCUT2D eigenvalue weighted by atomic mass is 9.93. The fraction of sp³-hybridized carbons (Fsp3) is 0.319. The number of hydrogen-bond donors (Lipinski definition) is 5. The Bertz CT molecular complexity index is 4520. The molecule has 508 valence electrons. The van der Waals surface area contributed by atoms with Crippen molar-refractivity contribution < 1.29 is 59.2 Å². The van der Waals surface area contributed by atoms with Crippen LogP contribution in [0.1, 0.15) is 91.4 Å². The maximum absolute atomic E-state index is 14.3. The van der Waals surface area contributed by atoms with Crippen molar-refractivity contribution in [2.75, 3.05) is 94.0 Å². The van der Waals surface area contributed by atoms with Gasteiger partial charge in [0.05, 0.1) is 75.9 Å². The summed E-state index contributed by atoms with van der Waals surface area (Å²) in [5.74, 6) is -0.722. The maximum Gasteiger partial charge on any atom is 0.295 e. The molecule has 0 saturated carbocycles. The Morgan fingerprint density at radius 2 is 1.39 bits per heavy atom. The number of nitrogens with one attached hydrogen (secondary N) is 4. The molecule has 0 fully saturated rings. The minimum absolute atomic E-state index is 0.0354. The number of fused-ring (bicyclic) bond motifs is 3. The molecule has 97 heavy (non-hydrogen) atoms. The zero-order chi connectivity index (χ0) is 68.5. The number of carbonyl (C=O) groups is 4. The van der Waals surface area contributed by atoms with Crippen molar-refractivity contribution in [3.05, 3.63) is 192 Å². The molecule has 6 aromatic carbocycles. The largest absolute Gasteiger partial charge is 0.456 e. The van der Waals surface area contributed by atoms with Crippen LogP contribution in [-0.2, 0) is 57.0 Å². The van der Waals surface area contributed by atoms with E-state index in [1.165, 1.54) is 18.2 Å². The number of hydrogen-bond acceptors (Lipinski definition) is 15. The fourth-order valence-electron chi connectivity index (χ4n) is 11.9. The average Bonchev–Trinajstić information content (AvgIpc) is 0.928. The summed E-state index contributed by atoms with van der Waals surface area (Å²) in [7, 11) is -9.41. The van der Waals surface area contributed by atoms with E-state index < -0.39 is 25.0 Å². The van der Waals surface area contributed by atoms with E-state index in [0.717, 1.165) is 27.7 Å². The quantitative estimate of drug-likeness (QED) is 0.0117. The monoisotopic (exact) mass is 1360 g/mol. The van der Waals surface area contributed by atoms with Gasteiger partial charge in [0.15, 0.2) is 0 Å². The van der Waals surface area contributed by atoms with Crippen molar-refractivity contribution in [2.24, 2.45) is 0 Å². The Balaban J connectivity index is 0.628. The number of sulfonamides is 1. The van der Waals surface area contributed by atoms with Crippen LogP contribution in [0.25, 0.3) is 44.5 Å². The van der Waals surface area contributed by atoms with Crippen molar-refractivity contribution >= 4 is 71.8 Å². The number of nitrogens with zero attached hydrogens (tertiary/aromatic N) is 6. The second-order valence-corrected chi connectivity index (χ2v) is 26.1. The molecule has 2 aliphatic heterocycles. The van der Waals surface area contributed by atoms with E-state index in [2.05, 4.69) is 40.5 Å². The highest BCUT2D eigenvalue weighted by Gasteiger charge is 2.32. The predicted molar refractivity (Wildman–Crippen MR) is 371 cm³/mol. The van der Waals surface area contributed by atoms with E-state index >= 15 is 0 Å². The number of ether oxygens (including phenoxy) is 3. The Labute approximate surface area is 564 Å². The summed E-state index contributed by atoms with van der Waals surface area (Å²) in [4.78, 5) is 56.7. The first-order valence-electron chi connectivity index (χ1n) is 32.6. The van der Waals surface area contributed by atoms with Crippen LogP contribution in [0.15, 0.2) is 178 Å². The van der Waals surface area contributed by atoms with Gasteiger partial charge >= 0.3 is 0 Å². The van der Waals surface area contributed by atoms with E-state index in [1.807, 2.05) is 125 Å². The lowest BCUT2D eigenvalue weighted by molar-refractivity contribution is -0.127. The summed E-state index contributed by atoms with van der Waals surface area (Å²) in [6.07, 6.45) is 2.77. The highest BCUT2D eigenvalue weighted by Crippen LogP contribution is 2.46. The van der Waals surface area contributed by atoms with Gasteiger partial charge in [-0.2, -0.15) is 8.42 Å². The molecule has 5 N–H and O–H groups in total. The summed E-state index contributed by atoms with van der Waals surface area (Å²) in [6, 6.07) is 45.8. The lowest BCUT2D eigenvalue weighted by Crippen LogP contribution is -2.32. The topological polar surface area (TPSA) is 286 Å². The Hall–Kier alpha value is -9.47. The highest BCUT2D eigenvalue weighted by molar-refractivity contribution is 7.89. The van der Waals surface area contributed by atoms with Crippen LogP contribution in [0.2, 0.25) is 0 Å². The number of anilines is 3. The number of aromatic nitrogens is 3. The van der Waals surface area contributed by atoms with Gasteiger partial charge in [-0.25, -0.2) is 22.4 Å². The molecule has 7 aromatic rings. The van der Waals surface area contributed by atoms with E-state index in [0.29, 0.717) is 109 Å². The zero-order valence-corrected chi connectivity index (χ0v) is 56.4. The third kappa shape index (κ3) is 17.6. The van der Waals surface area contributed by atoms with Gasteiger partial charge in [-0.3, -0.25) is 23.7 Å². The second-order valence-electron chi connectivity index (χ2n) is 23.0. The minimum atomic E-state index is -4.97. The molecular formula is C72H81N10O13S2+. The van der Waals surface area contributed by atoms with Gasteiger partial charge in [0.25, 0.3) is 21.9 Å². The van der Waals surface area contributed by atoms with Gasteiger partial charge in [0, 0.05) is 101 Å². The first kappa shape index (κ1) is 70.3. The molecule has 4 amide bonds. The third-order valence-corrected chi connectivity index (χ3v) is 19.2. The Kier molecular flexibility index (Phi) is 23.9. The second kappa shape index (κ2) is 33.0. The number of amides is 4. The molecule has 1 atom stereocenters. The van der Waals surface area contributed by atoms with Crippen LogP contribution >= 0.6 is 0 Å². The van der Waals surface area contributed by atoms with Gasteiger partial charge in [0.1, 0.15) is 35.0 Å². The predicted octanol–water partition coefficient (Wildman–Crippen LogP) is 9.34. The number of rotatable bonds is 31. The lowest BCUT2D eigenvalue weighted by Gasteiger charge is -2.24. The van der Waals surface area contributed by atoms with Crippen LogP contribution in [0, 0.1) is 0 Å². The van der Waals surface area contributed by atoms with Crippen LogP contribution in [-0.4, -0.2) is 139 Å². The minimum Gasteiger partial charge on any atom is -0.456 e. The first-order chi connectivity index (χ1) is 47.0. The molecule has 1 aromatic heterocycles. The molecular weight excluding hydrogens is 1280 g/mol. The first-order valence-corrected chi connectivity index (χ1v) is 35.5. The molecule has 23 nitrogen and oxygen atoms in total. The normalized spacial score (nSPS) is 13.2. The molecule has 0 radical (unpaired) electrons. The summed E-state index contributed by atoms with van der Waals surface area (Å²) in [5, 5.41) is 18.4. The molecule has 25 heteroatoms. The maximum atomic E-state index is 14.3. The van der Waals surface area contributed by atoms with E-state index in [4.69, 9.17) is 18.6 Å². The average molecular weight is 1360 g/mol. The number of para-hydroxylation sites is 1. The van der Waals surface area contributed by atoms with Crippen LogP contribution in [0.3, 0.4) is 0 Å². The van der Waals surface area contributed by atoms with Crippen LogP contribution in [0.5, 0.6) is 0 Å². The van der Waals surface area contributed by atoms with Crippen molar-refractivity contribution in [3.8, 4) is 33.6 Å². The smallest absolute Gasteiger partial charge is 0.295 e. The summed E-state index contributed by atoms with van der Waals surface area (Å²) in [6.45, 7) is 12.8. The van der Waals surface area contributed by atoms with Crippen molar-refractivity contribution in [3.63, 3.8) is 0 Å². The van der Waals surface area contributed by atoms with E-state index in [9.17, 15) is 40.6 Å². The Morgan fingerprint density at radius 3 is 2.13 bits per heavy atom. The molecule has 0 saturated heterocycles. The number of carbonyl (C=O) groups excluding carboxylic acids is 4. The van der Waals surface area contributed by atoms with Gasteiger partial charge < -0.3 is 44.4 Å². The Morgan fingerprint density at radius 1 is 0.701 bits per heavy atom. The fourth-order valence-corrected chi connectivity index (χ4v) is 14.0. The SMILES string of the molecule is CCN(CC)c1ccc2c(-c3c(S(=O)(=O)O)cccc3S(=O)(=O)NCCOCCOCCOCCn3cc(CNC(=O)CCC(=O)NC4CCCN(C(=O)c5ccc(NC(=O)c6ccccc6-c6ccccc6)cc5)c5ccccc54)nn3)c3ccc(=[N+](CC)CC)cc-3oc2c1. The summed E-state index contributed by atoms with van der Waals surface area (Å²) in [5.41, 5.74) is 7.02. The number of benzene rings is 7.